The maximum atomic E-state index is 10.7. The Morgan fingerprint density at radius 1 is 1.54 bits per heavy atom. The SMILES string of the molecule is COC(=O)/C=C/[C@H](C)[C@@H](C)CCO. The fourth-order valence-electron chi connectivity index (χ4n) is 0.955. The molecule has 0 aromatic heterocycles. The van der Waals surface area contributed by atoms with Crippen molar-refractivity contribution < 1.29 is 14.6 Å². The standard InChI is InChI=1S/C10H18O3/c1-8(9(2)6-7-11)4-5-10(12)13-3/h4-5,8-9,11H,6-7H2,1-3H3/b5-4+/t8-,9-/m0/s1. The molecule has 0 unspecified atom stereocenters. The van der Waals surface area contributed by atoms with Crippen LogP contribution in [0, 0.1) is 11.8 Å². The fraction of sp³-hybridized carbons (Fsp3) is 0.700. The van der Waals surface area contributed by atoms with Gasteiger partial charge < -0.3 is 9.84 Å². The van der Waals surface area contributed by atoms with Crippen LogP contribution in [0.1, 0.15) is 20.3 Å². The molecular weight excluding hydrogens is 168 g/mol. The Labute approximate surface area is 79.4 Å². The van der Waals surface area contributed by atoms with Crippen molar-refractivity contribution in [3.63, 3.8) is 0 Å². The third-order valence-corrected chi connectivity index (χ3v) is 2.22. The van der Waals surface area contributed by atoms with Crippen molar-refractivity contribution in [3.8, 4) is 0 Å². The van der Waals surface area contributed by atoms with Crippen LogP contribution in [0.4, 0.5) is 0 Å². The molecule has 0 spiro atoms. The molecule has 0 aromatic carbocycles. The minimum absolute atomic E-state index is 0.192. The number of methoxy groups -OCH3 is 1. The molecule has 76 valence electrons. The van der Waals surface area contributed by atoms with Gasteiger partial charge in [-0.1, -0.05) is 19.9 Å². The van der Waals surface area contributed by atoms with Gasteiger partial charge in [0.05, 0.1) is 7.11 Å². The number of rotatable bonds is 5. The molecule has 0 heterocycles. The second-order valence-electron chi connectivity index (χ2n) is 3.23. The smallest absolute Gasteiger partial charge is 0.330 e. The highest BCUT2D eigenvalue weighted by atomic mass is 16.5. The monoisotopic (exact) mass is 186 g/mol. The van der Waals surface area contributed by atoms with Gasteiger partial charge in [0.2, 0.25) is 0 Å². The second-order valence-corrected chi connectivity index (χ2v) is 3.23. The van der Waals surface area contributed by atoms with E-state index in [1.165, 1.54) is 13.2 Å². The zero-order valence-corrected chi connectivity index (χ0v) is 8.49. The fourth-order valence-corrected chi connectivity index (χ4v) is 0.955. The Morgan fingerprint density at radius 2 is 2.15 bits per heavy atom. The van der Waals surface area contributed by atoms with Crippen LogP contribution in [-0.4, -0.2) is 24.8 Å². The van der Waals surface area contributed by atoms with Gasteiger partial charge in [0.25, 0.3) is 0 Å². The molecule has 0 aliphatic rings. The molecule has 0 rings (SSSR count). The molecule has 0 aliphatic carbocycles. The van der Waals surface area contributed by atoms with E-state index in [1.807, 2.05) is 19.9 Å². The summed E-state index contributed by atoms with van der Waals surface area (Å²) < 4.78 is 4.47. The summed E-state index contributed by atoms with van der Waals surface area (Å²) in [7, 11) is 1.36. The maximum Gasteiger partial charge on any atom is 0.330 e. The number of aliphatic hydroxyl groups is 1. The first kappa shape index (κ1) is 12.2. The molecule has 0 fully saturated rings. The third-order valence-electron chi connectivity index (χ3n) is 2.22. The Morgan fingerprint density at radius 3 is 2.62 bits per heavy atom. The summed E-state index contributed by atoms with van der Waals surface area (Å²) in [6, 6.07) is 0. The zero-order valence-electron chi connectivity index (χ0n) is 8.49. The quantitative estimate of drug-likeness (QED) is 0.521. The summed E-state index contributed by atoms with van der Waals surface area (Å²) in [6.07, 6.45) is 4.00. The van der Waals surface area contributed by atoms with Crippen LogP contribution >= 0.6 is 0 Å². The van der Waals surface area contributed by atoms with Gasteiger partial charge in [0.15, 0.2) is 0 Å². The first-order valence-corrected chi connectivity index (χ1v) is 4.48. The first-order chi connectivity index (χ1) is 6.11. The van der Waals surface area contributed by atoms with E-state index in [9.17, 15) is 4.79 Å². The predicted octanol–water partition coefficient (Wildman–Crippen LogP) is 1.37. The molecule has 3 nitrogen and oxygen atoms in total. The first-order valence-electron chi connectivity index (χ1n) is 4.48. The van der Waals surface area contributed by atoms with Crippen LogP contribution in [0.5, 0.6) is 0 Å². The molecule has 3 heteroatoms. The Hall–Kier alpha value is -0.830. The van der Waals surface area contributed by atoms with Gasteiger partial charge in [-0.05, 0) is 18.3 Å². The molecule has 13 heavy (non-hydrogen) atoms. The number of hydrogen-bond donors (Lipinski definition) is 1. The van der Waals surface area contributed by atoms with Crippen LogP contribution in [0.3, 0.4) is 0 Å². The summed E-state index contributed by atoms with van der Waals surface area (Å²) >= 11 is 0. The number of esters is 1. The van der Waals surface area contributed by atoms with E-state index in [0.29, 0.717) is 5.92 Å². The van der Waals surface area contributed by atoms with Crippen LogP contribution < -0.4 is 0 Å². The van der Waals surface area contributed by atoms with Crippen molar-refractivity contribution in [1.29, 1.82) is 0 Å². The molecule has 0 bridgehead atoms. The highest BCUT2D eigenvalue weighted by Crippen LogP contribution is 2.15. The van der Waals surface area contributed by atoms with E-state index in [1.54, 1.807) is 0 Å². The molecule has 0 amide bonds. The topological polar surface area (TPSA) is 46.5 Å². The number of hydrogen-bond acceptors (Lipinski definition) is 3. The lowest BCUT2D eigenvalue weighted by atomic mass is 9.93. The van der Waals surface area contributed by atoms with Crippen molar-refractivity contribution in [2.45, 2.75) is 20.3 Å². The molecule has 0 radical (unpaired) electrons. The lowest BCUT2D eigenvalue weighted by molar-refractivity contribution is -0.134. The van der Waals surface area contributed by atoms with E-state index in [0.717, 1.165) is 6.42 Å². The lowest BCUT2D eigenvalue weighted by Crippen LogP contribution is -2.08. The molecule has 0 aromatic rings. The number of carbonyl (C=O) groups excluding carboxylic acids is 1. The van der Waals surface area contributed by atoms with Gasteiger partial charge in [0.1, 0.15) is 0 Å². The summed E-state index contributed by atoms with van der Waals surface area (Å²) in [6.45, 7) is 4.25. The Balaban J connectivity index is 3.90. The van der Waals surface area contributed by atoms with Gasteiger partial charge in [-0.2, -0.15) is 0 Å². The van der Waals surface area contributed by atoms with Gasteiger partial charge in [0, 0.05) is 12.7 Å². The predicted molar refractivity (Wildman–Crippen MR) is 51.2 cm³/mol. The molecule has 0 aliphatic heterocycles. The summed E-state index contributed by atoms with van der Waals surface area (Å²) in [5, 5.41) is 8.69. The molecule has 0 saturated carbocycles. The molecular formula is C10H18O3. The maximum absolute atomic E-state index is 10.7. The highest BCUT2D eigenvalue weighted by molar-refractivity contribution is 5.81. The highest BCUT2D eigenvalue weighted by Gasteiger charge is 2.08. The number of carbonyl (C=O) groups is 1. The largest absolute Gasteiger partial charge is 0.466 e. The number of aliphatic hydroxyl groups excluding tert-OH is 1. The van der Waals surface area contributed by atoms with E-state index >= 15 is 0 Å². The molecule has 0 saturated heterocycles. The van der Waals surface area contributed by atoms with Crippen LogP contribution in [0.25, 0.3) is 0 Å². The van der Waals surface area contributed by atoms with E-state index in [4.69, 9.17) is 5.11 Å². The van der Waals surface area contributed by atoms with Gasteiger partial charge in [-0.3, -0.25) is 0 Å². The van der Waals surface area contributed by atoms with E-state index in [2.05, 4.69) is 4.74 Å². The second kappa shape index (κ2) is 6.66. The average Bonchev–Trinajstić information content (AvgIpc) is 2.13. The summed E-state index contributed by atoms with van der Waals surface area (Å²) in [5.41, 5.74) is 0. The minimum Gasteiger partial charge on any atom is -0.466 e. The van der Waals surface area contributed by atoms with Crippen molar-refractivity contribution >= 4 is 5.97 Å². The van der Waals surface area contributed by atoms with Crippen molar-refractivity contribution in [3.05, 3.63) is 12.2 Å². The zero-order chi connectivity index (χ0) is 10.3. The number of allylic oxidation sites excluding steroid dienone is 1. The summed E-state index contributed by atoms with van der Waals surface area (Å²) in [5.74, 6) is 0.334. The van der Waals surface area contributed by atoms with Gasteiger partial charge in [-0.15, -0.1) is 0 Å². The average molecular weight is 186 g/mol. The van der Waals surface area contributed by atoms with E-state index in [-0.39, 0.29) is 18.5 Å². The van der Waals surface area contributed by atoms with Crippen molar-refractivity contribution in [1.82, 2.24) is 0 Å². The Bertz CT molecular complexity index is 175. The van der Waals surface area contributed by atoms with Crippen LogP contribution in [0.15, 0.2) is 12.2 Å². The normalized spacial score (nSPS) is 15.7. The summed E-state index contributed by atoms with van der Waals surface area (Å²) in [4.78, 5) is 10.7. The lowest BCUT2D eigenvalue weighted by Gasteiger charge is -2.14. The van der Waals surface area contributed by atoms with Crippen molar-refractivity contribution in [2.24, 2.45) is 11.8 Å². The van der Waals surface area contributed by atoms with Crippen LogP contribution in [-0.2, 0) is 9.53 Å². The van der Waals surface area contributed by atoms with E-state index < -0.39 is 0 Å². The molecule has 1 N–H and O–H groups in total. The van der Waals surface area contributed by atoms with Crippen molar-refractivity contribution in [2.75, 3.05) is 13.7 Å². The minimum atomic E-state index is -0.331. The van der Waals surface area contributed by atoms with Crippen LogP contribution in [0.2, 0.25) is 0 Å². The number of ether oxygens (including phenoxy) is 1. The van der Waals surface area contributed by atoms with Gasteiger partial charge >= 0.3 is 5.97 Å². The Kier molecular flexibility index (Phi) is 6.24. The third kappa shape index (κ3) is 5.42. The molecule has 2 atom stereocenters. The van der Waals surface area contributed by atoms with Gasteiger partial charge in [-0.25, -0.2) is 4.79 Å².